The molecule has 8 nitrogen and oxygen atoms in total. The van der Waals surface area contributed by atoms with Crippen LogP contribution in [0.15, 0.2) is 53.8 Å². The fourth-order valence-corrected chi connectivity index (χ4v) is 3.14. The average molecular weight is 395 g/mol. The molecule has 1 atom stereocenters. The third kappa shape index (κ3) is 4.71. The standard InChI is InChI=1S/C21H25N5O3/c1-4-29-21(28)17-13-18(26(24-17)16-10-6-5-7-11-16)20(27)23-14-15-9-8-12-22-19(15)25(2)3/h5-12,18H,4,13-14H2,1-3H3,(H,23,27). The zero-order valence-electron chi connectivity index (χ0n) is 16.8. The Morgan fingerprint density at radius 1 is 1.21 bits per heavy atom. The number of nitrogens with zero attached hydrogens (tertiary/aromatic N) is 4. The first-order valence-electron chi connectivity index (χ1n) is 9.49. The Morgan fingerprint density at radius 3 is 2.66 bits per heavy atom. The minimum atomic E-state index is -0.628. The van der Waals surface area contributed by atoms with Crippen LogP contribution in [0.2, 0.25) is 0 Å². The Bertz CT molecular complexity index is 898. The molecule has 3 rings (SSSR count). The highest BCUT2D eigenvalue weighted by molar-refractivity contribution is 6.38. The van der Waals surface area contributed by atoms with Gasteiger partial charge in [0, 0.05) is 38.8 Å². The van der Waals surface area contributed by atoms with Crippen molar-refractivity contribution in [2.24, 2.45) is 5.10 Å². The molecule has 152 valence electrons. The number of ether oxygens (including phenoxy) is 1. The van der Waals surface area contributed by atoms with Gasteiger partial charge in [-0.15, -0.1) is 0 Å². The van der Waals surface area contributed by atoms with Crippen LogP contribution in [0.5, 0.6) is 0 Å². The maximum absolute atomic E-state index is 13.0. The molecule has 0 saturated heterocycles. The average Bonchev–Trinajstić information content (AvgIpc) is 3.19. The summed E-state index contributed by atoms with van der Waals surface area (Å²) in [5.41, 5.74) is 1.88. The fraction of sp³-hybridized carbons (Fsp3) is 0.333. The van der Waals surface area contributed by atoms with Crippen LogP contribution < -0.4 is 15.2 Å². The number of hydrazone groups is 1. The van der Waals surface area contributed by atoms with Crippen molar-refractivity contribution in [2.75, 3.05) is 30.6 Å². The van der Waals surface area contributed by atoms with Gasteiger partial charge < -0.3 is 15.0 Å². The van der Waals surface area contributed by atoms with Gasteiger partial charge in [0.05, 0.1) is 12.3 Å². The van der Waals surface area contributed by atoms with Crippen LogP contribution in [-0.4, -0.2) is 49.3 Å². The molecule has 1 aromatic heterocycles. The van der Waals surface area contributed by atoms with Gasteiger partial charge >= 0.3 is 5.97 Å². The van der Waals surface area contributed by atoms with E-state index in [9.17, 15) is 9.59 Å². The van der Waals surface area contributed by atoms with E-state index in [2.05, 4.69) is 15.4 Å². The maximum atomic E-state index is 13.0. The smallest absolute Gasteiger partial charge is 0.354 e. The highest BCUT2D eigenvalue weighted by Crippen LogP contribution is 2.25. The summed E-state index contributed by atoms with van der Waals surface area (Å²) in [6, 6.07) is 12.4. The lowest BCUT2D eigenvalue weighted by Crippen LogP contribution is -2.42. The van der Waals surface area contributed by atoms with Gasteiger partial charge in [0.15, 0.2) is 0 Å². The summed E-state index contributed by atoms with van der Waals surface area (Å²) in [6.45, 7) is 2.32. The molecule has 0 spiro atoms. The quantitative estimate of drug-likeness (QED) is 0.721. The number of carbonyl (C=O) groups is 2. The van der Waals surface area contributed by atoms with E-state index in [1.165, 1.54) is 0 Å². The Hall–Kier alpha value is -3.42. The van der Waals surface area contributed by atoms with Crippen LogP contribution >= 0.6 is 0 Å². The molecule has 0 bridgehead atoms. The number of esters is 1. The van der Waals surface area contributed by atoms with E-state index in [4.69, 9.17) is 4.74 Å². The zero-order valence-corrected chi connectivity index (χ0v) is 16.8. The van der Waals surface area contributed by atoms with Crippen molar-refractivity contribution in [1.29, 1.82) is 0 Å². The predicted octanol–water partition coefficient (Wildman–Crippen LogP) is 1.96. The molecular weight excluding hydrogens is 370 g/mol. The first-order valence-corrected chi connectivity index (χ1v) is 9.49. The van der Waals surface area contributed by atoms with Crippen molar-refractivity contribution >= 4 is 29.1 Å². The second-order valence-corrected chi connectivity index (χ2v) is 6.77. The van der Waals surface area contributed by atoms with Crippen molar-refractivity contribution in [3.8, 4) is 0 Å². The fourth-order valence-electron chi connectivity index (χ4n) is 3.14. The van der Waals surface area contributed by atoms with Crippen LogP contribution in [0, 0.1) is 0 Å². The zero-order chi connectivity index (χ0) is 20.8. The van der Waals surface area contributed by atoms with E-state index in [-0.39, 0.29) is 24.6 Å². The highest BCUT2D eigenvalue weighted by Gasteiger charge is 2.36. The third-order valence-corrected chi connectivity index (χ3v) is 4.49. The molecule has 1 N–H and O–H groups in total. The van der Waals surface area contributed by atoms with Gasteiger partial charge in [-0.3, -0.25) is 9.80 Å². The van der Waals surface area contributed by atoms with Crippen LogP contribution in [0.3, 0.4) is 0 Å². The maximum Gasteiger partial charge on any atom is 0.354 e. The Balaban J connectivity index is 1.77. The van der Waals surface area contributed by atoms with E-state index in [0.717, 1.165) is 17.1 Å². The molecule has 1 aliphatic heterocycles. The number of para-hydroxylation sites is 1. The van der Waals surface area contributed by atoms with Crippen molar-refractivity contribution in [2.45, 2.75) is 25.9 Å². The Kier molecular flexibility index (Phi) is 6.43. The number of benzene rings is 1. The molecular formula is C21H25N5O3. The van der Waals surface area contributed by atoms with Gasteiger partial charge in [-0.1, -0.05) is 24.3 Å². The van der Waals surface area contributed by atoms with Gasteiger partial charge in [-0.2, -0.15) is 5.10 Å². The molecule has 2 aromatic rings. The second-order valence-electron chi connectivity index (χ2n) is 6.77. The van der Waals surface area contributed by atoms with Gasteiger partial charge in [0.2, 0.25) is 5.91 Å². The molecule has 0 radical (unpaired) electrons. The minimum absolute atomic E-state index is 0.188. The number of nitrogens with one attached hydrogen (secondary N) is 1. The molecule has 2 heterocycles. The Labute approximate surface area is 170 Å². The summed E-state index contributed by atoms with van der Waals surface area (Å²) in [7, 11) is 3.81. The van der Waals surface area contributed by atoms with Crippen molar-refractivity contribution < 1.29 is 14.3 Å². The molecule has 0 saturated carbocycles. The molecule has 8 heteroatoms. The minimum Gasteiger partial charge on any atom is -0.461 e. The summed E-state index contributed by atoms with van der Waals surface area (Å²) in [6.07, 6.45) is 1.90. The highest BCUT2D eigenvalue weighted by atomic mass is 16.5. The van der Waals surface area contributed by atoms with Crippen molar-refractivity contribution in [3.05, 3.63) is 54.2 Å². The van der Waals surface area contributed by atoms with Crippen LogP contribution in [-0.2, 0) is 20.9 Å². The van der Waals surface area contributed by atoms with Gasteiger partial charge in [-0.25, -0.2) is 9.78 Å². The first kappa shape index (κ1) is 20.3. The van der Waals surface area contributed by atoms with Gasteiger partial charge in [-0.05, 0) is 25.1 Å². The molecule has 1 aromatic carbocycles. The monoisotopic (exact) mass is 395 g/mol. The molecule has 0 aliphatic carbocycles. The predicted molar refractivity (Wildman–Crippen MR) is 112 cm³/mol. The SMILES string of the molecule is CCOC(=O)C1=NN(c2ccccc2)C(C(=O)NCc2cccnc2N(C)C)C1. The van der Waals surface area contributed by atoms with Crippen molar-refractivity contribution in [3.63, 3.8) is 0 Å². The van der Waals surface area contributed by atoms with Gasteiger partial charge in [0.25, 0.3) is 0 Å². The van der Waals surface area contributed by atoms with E-state index in [0.29, 0.717) is 6.54 Å². The Morgan fingerprint density at radius 2 is 1.97 bits per heavy atom. The normalized spacial score (nSPS) is 15.6. The molecule has 1 aliphatic rings. The largest absolute Gasteiger partial charge is 0.461 e. The summed E-state index contributed by atoms with van der Waals surface area (Å²) in [5.74, 6) is 0.0824. The number of pyridine rings is 1. The molecule has 1 unspecified atom stereocenters. The van der Waals surface area contributed by atoms with E-state index < -0.39 is 12.0 Å². The number of hydrogen-bond acceptors (Lipinski definition) is 7. The second kappa shape index (κ2) is 9.18. The van der Waals surface area contributed by atoms with Gasteiger partial charge in [0.1, 0.15) is 17.6 Å². The number of rotatable bonds is 7. The summed E-state index contributed by atoms with van der Waals surface area (Å²) in [5, 5.41) is 8.91. The van der Waals surface area contributed by atoms with Crippen LogP contribution in [0.1, 0.15) is 18.9 Å². The molecule has 29 heavy (non-hydrogen) atoms. The van der Waals surface area contributed by atoms with E-state index >= 15 is 0 Å². The number of amides is 1. The summed E-state index contributed by atoms with van der Waals surface area (Å²) in [4.78, 5) is 31.4. The van der Waals surface area contributed by atoms with Crippen LogP contribution in [0.4, 0.5) is 11.5 Å². The van der Waals surface area contributed by atoms with E-state index in [1.807, 2.05) is 61.5 Å². The third-order valence-electron chi connectivity index (χ3n) is 4.49. The first-order chi connectivity index (χ1) is 14.0. The molecule has 1 amide bonds. The van der Waals surface area contributed by atoms with E-state index in [1.54, 1.807) is 18.1 Å². The molecule has 0 fully saturated rings. The topological polar surface area (TPSA) is 87.1 Å². The summed E-state index contributed by atoms with van der Waals surface area (Å²) < 4.78 is 5.07. The van der Waals surface area contributed by atoms with Crippen molar-refractivity contribution in [1.82, 2.24) is 10.3 Å². The lowest BCUT2D eigenvalue weighted by atomic mass is 10.1. The lowest BCUT2D eigenvalue weighted by Gasteiger charge is -2.23. The summed E-state index contributed by atoms with van der Waals surface area (Å²) >= 11 is 0. The number of anilines is 2. The van der Waals surface area contributed by atoms with Crippen LogP contribution in [0.25, 0.3) is 0 Å². The number of carbonyl (C=O) groups excluding carboxylic acids is 2. The number of hydrogen-bond donors (Lipinski definition) is 1. The lowest BCUT2D eigenvalue weighted by molar-refractivity contribution is -0.135. The number of aromatic nitrogens is 1.